The van der Waals surface area contributed by atoms with E-state index in [1.165, 1.54) is 0 Å². The van der Waals surface area contributed by atoms with Gasteiger partial charge in [0.2, 0.25) is 0 Å². The smallest absolute Gasteiger partial charge is 0.0625 e. The first-order valence-corrected chi connectivity index (χ1v) is 6.43. The Balaban J connectivity index is 2.41. The molecule has 17 heavy (non-hydrogen) atoms. The molecular weight excluding hydrogens is 214 g/mol. The average molecular weight is 239 g/mol. The second-order valence-corrected chi connectivity index (χ2v) is 4.63. The fourth-order valence-electron chi connectivity index (χ4n) is 1.85. The summed E-state index contributed by atoms with van der Waals surface area (Å²) in [7, 11) is 1.75. The number of nitrogens with zero attached hydrogens (tertiary/aromatic N) is 2. The molecule has 0 amide bonds. The molecule has 0 saturated carbocycles. The number of nitrogens with one attached hydrogen (secondary N) is 1. The van der Waals surface area contributed by atoms with Crippen molar-refractivity contribution in [3.8, 4) is 0 Å². The first-order valence-electron chi connectivity index (χ1n) is 6.43. The van der Waals surface area contributed by atoms with Crippen LogP contribution in [0.15, 0.2) is 12.3 Å². The minimum atomic E-state index is 0.425. The van der Waals surface area contributed by atoms with E-state index in [4.69, 9.17) is 4.74 Å². The number of likely N-dealkylation sites (N-methyl/N-ethyl adjacent to an activating group) is 1. The van der Waals surface area contributed by atoms with Gasteiger partial charge in [-0.3, -0.25) is 4.68 Å². The predicted molar refractivity (Wildman–Crippen MR) is 70.3 cm³/mol. The largest absolute Gasteiger partial charge is 0.383 e. The number of methoxy groups -OCH3 is 1. The topological polar surface area (TPSA) is 39.1 Å². The van der Waals surface area contributed by atoms with Crippen LogP contribution < -0.4 is 5.32 Å². The third-order valence-electron chi connectivity index (χ3n) is 2.80. The van der Waals surface area contributed by atoms with E-state index >= 15 is 0 Å². The lowest BCUT2D eigenvalue weighted by molar-refractivity contribution is 0.163. The summed E-state index contributed by atoms with van der Waals surface area (Å²) < 4.78 is 7.21. The summed E-state index contributed by atoms with van der Waals surface area (Å²) in [5.41, 5.74) is 1.16. The Morgan fingerprint density at radius 1 is 1.47 bits per heavy atom. The minimum Gasteiger partial charge on any atom is -0.383 e. The molecule has 1 aromatic heterocycles. The Morgan fingerprint density at radius 3 is 2.76 bits per heavy atom. The average Bonchev–Trinajstić information content (AvgIpc) is 2.75. The molecule has 0 bridgehead atoms. The molecule has 4 nitrogen and oxygen atoms in total. The zero-order chi connectivity index (χ0) is 12.7. The number of aromatic nitrogens is 2. The van der Waals surface area contributed by atoms with Gasteiger partial charge in [-0.25, -0.2) is 0 Å². The molecule has 1 unspecified atom stereocenters. The zero-order valence-corrected chi connectivity index (χ0v) is 11.4. The van der Waals surface area contributed by atoms with Gasteiger partial charge in [0.25, 0.3) is 0 Å². The van der Waals surface area contributed by atoms with Gasteiger partial charge in [-0.2, -0.15) is 5.10 Å². The van der Waals surface area contributed by atoms with Crippen LogP contribution >= 0.6 is 0 Å². The molecule has 0 aliphatic rings. The van der Waals surface area contributed by atoms with Crippen LogP contribution in [0.5, 0.6) is 0 Å². The Hall–Kier alpha value is -0.870. The van der Waals surface area contributed by atoms with Crippen LogP contribution in [0.25, 0.3) is 0 Å². The third-order valence-corrected chi connectivity index (χ3v) is 2.80. The summed E-state index contributed by atoms with van der Waals surface area (Å²) >= 11 is 0. The first-order chi connectivity index (χ1) is 8.17. The van der Waals surface area contributed by atoms with Crippen molar-refractivity contribution in [2.75, 3.05) is 20.3 Å². The van der Waals surface area contributed by atoms with E-state index in [2.05, 4.69) is 43.4 Å². The van der Waals surface area contributed by atoms with Crippen molar-refractivity contribution in [2.45, 2.75) is 45.7 Å². The molecule has 98 valence electrons. The molecule has 1 rings (SSSR count). The van der Waals surface area contributed by atoms with Crippen LogP contribution in [-0.4, -0.2) is 36.1 Å². The zero-order valence-electron chi connectivity index (χ0n) is 11.4. The highest BCUT2D eigenvalue weighted by Crippen LogP contribution is 2.07. The molecule has 0 aliphatic carbocycles. The standard InChI is InChI=1S/C13H25N3O/c1-5-14-13(10-17-4)7-6-12-8-9-16(15-12)11(2)3/h8-9,11,13-14H,5-7,10H2,1-4H3. The van der Waals surface area contributed by atoms with Gasteiger partial charge < -0.3 is 10.1 Å². The molecule has 0 radical (unpaired) electrons. The van der Waals surface area contributed by atoms with E-state index in [-0.39, 0.29) is 0 Å². The number of hydrogen-bond acceptors (Lipinski definition) is 3. The number of rotatable bonds is 8. The van der Waals surface area contributed by atoms with Crippen LogP contribution in [0, 0.1) is 0 Å². The van der Waals surface area contributed by atoms with E-state index in [9.17, 15) is 0 Å². The Labute approximate surface area is 104 Å². The monoisotopic (exact) mass is 239 g/mol. The van der Waals surface area contributed by atoms with Gasteiger partial charge in [0.1, 0.15) is 0 Å². The molecule has 1 atom stereocenters. The summed E-state index contributed by atoms with van der Waals surface area (Å²) in [6.45, 7) is 8.15. The van der Waals surface area contributed by atoms with Crippen molar-refractivity contribution < 1.29 is 4.74 Å². The van der Waals surface area contributed by atoms with Crippen LogP contribution in [0.2, 0.25) is 0 Å². The second kappa shape index (κ2) is 7.45. The van der Waals surface area contributed by atoms with Gasteiger partial charge in [-0.15, -0.1) is 0 Å². The van der Waals surface area contributed by atoms with Crippen molar-refractivity contribution >= 4 is 0 Å². The van der Waals surface area contributed by atoms with Crippen LogP contribution in [-0.2, 0) is 11.2 Å². The van der Waals surface area contributed by atoms with E-state index in [0.717, 1.165) is 31.7 Å². The molecule has 1 aromatic rings. The lowest BCUT2D eigenvalue weighted by Crippen LogP contribution is -2.33. The van der Waals surface area contributed by atoms with Gasteiger partial charge in [0.05, 0.1) is 12.3 Å². The molecule has 1 N–H and O–H groups in total. The van der Waals surface area contributed by atoms with E-state index in [1.807, 2.05) is 4.68 Å². The van der Waals surface area contributed by atoms with Crippen molar-refractivity contribution in [3.63, 3.8) is 0 Å². The summed E-state index contributed by atoms with van der Waals surface area (Å²) in [6, 6.07) is 2.97. The maximum Gasteiger partial charge on any atom is 0.0625 e. The fourth-order valence-corrected chi connectivity index (χ4v) is 1.85. The van der Waals surface area contributed by atoms with E-state index < -0.39 is 0 Å². The van der Waals surface area contributed by atoms with E-state index in [0.29, 0.717) is 12.1 Å². The Bertz CT molecular complexity index is 303. The van der Waals surface area contributed by atoms with Gasteiger partial charge >= 0.3 is 0 Å². The highest BCUT2D eigenvalue weighted by atomic mass is 16.5. The van der Waals surface area contributed by atoms with E-state index in [1.54, 1.807) is 7.11 Å². The molecular formula is C13H25N3O. The quantitative estimate of drug-likeness (QED) is 0.754. The van der Waals surface area contributed by atoms with Gasteiger partial charge in [0.15, 0.2) is 0 Å². The number of hydrogen-bond donors (Lipinski definition) is 1. The molecule has 1 heterocycles. The highest BCUT2D eigenvalue weighted by molar-refractivity contribution is 5.00. The first kappa shape index (κ1) is 14.2. The van der Waals surface area contributed by atoms with Crippen LogP contribution in [0.3, 0.4) is 0 Å². The van der Waals surface area contributed by atoms with Crippen molar-refractivity contribution in [1.29, 1.82) is 0 Å². The predicted octanol–water partition coefficient (Wildman–Crippen LogP) is 2.02. The summed E-state index contributed by atoms with van der Waals surface area (Å²) in [5.74, 6) is 0. The van der Waals surface area contributed by atoms with Gasteiger partial charge in [-0.1, -0.05) is 6.92 Å². The highest BCUT2D eigenvalue weighted by Gasteiger charge is 2.08. The molecule has 0 saturated heterocycles. The van der Waals surface area contributed by atoms with Gasteiger partial charge in [0, 0.05) is 25.4 Å². The molecule has 0 fully saturated rings. The Kier molecular flexibility index (Phi) is 6.22. The molecule has 0 spiro atoms. The molecule has 0 aliphatic heterocycles. The SMILES string of the molecule is CCNC(CCc1ccn(C(C)C)n1)COC. The van der Waals surface area contributed by atoms with Crippen LogP contribution in [0.1, 0.15) is 38.9 Å². The molecule has 4 heteroatoms. The number of aryl methyl sites for hydroxylation is 1. The molecule has 0 aromatic carbocycles. The lowest BCUT2D eigenvalue weighted by Gasteiger charge is -2.15. The maximum atomic E-state index is 5.20. The summed E-state index contributed by atoms with van der Waals surface area (Å²) in [6.07, 6.45) is 4.12. The number of ether oxygens (including phenoxy) is 1. The normalized spacial score (nSPS) is 13.2. The fraction of sp³-hybridized carbons (Fsp3) is 0.769. The van der Waals surface area contributed by atoms with Crippen LogP contribution in [0.4, 0.5) is 0 Å². The summed E-state index contributed by atoms with van der Waals surface area (Å²) in [4.78, 5) is 0. The van der Waals surface area contributed by atoms with Gasteiger partial charge in [-0.05, 0) is 39.3 Å². The second-order valence-electron chi connectivity index (χ2n) is 4.63. The third kappa shape index (κ3) is 4.88. The minimum absolute atomic E-state index is 0.425. The van der Waals surface area contributed by atoms with Crippen molar-refractivity contribution in [3.05, 3.63) is 18.0 Å². The van der Waals surface area contributed by atoms with Crippen molar-refractivity contribution in [2.24, 2.45) is 0 Å². The van der Waals surface area contributed by atoms with Crippen molar-refractivity contribution in [1.82, 2.24) is 15.1 Å². The Morgan fingerprint density at radius 2 is 2.24 bits per heavy atom. The maximum absolute atomic E-state index is 5.20. The summed E-state index contributed by atoms with van der Waals surface area (Å²) in [5, 5.41) is 7.97. The lowest BCUT2D eigenvalue weighted by atomic mass is 10.1.